The molecule has 0 bridgehead atoms. The van der Waals surface area contributed by atoms with E-state index in [1.165, 1.54) is 30.4 Å². The molecule has 1 heterocycles. The Morgan fingerprint density at radius 1 is 1.00 bits per heavy atom. The van der Waals surface area contributed by atoms with Gasteiger partial charge in [-0.15, -0.1) is 11.3 Å². The third-order valence-electron chi connectivity index (χ3n) is 5.50. The summed E-state index contributed by atoms with van der Waals surface area (Å²) in [5.41, 5.74) is 5.03. The second-order valence-electron chi connectivity index (χ2n) is 8.47. The summed E-state index contributed by atoms with van der Waals surface area (Å²) in [4.78, 5) is 32.1. The zero-order valence-corrected chi connectivity index (χ0v) is 20.6. The lowest BCUT2D eigenvalue weighted by Gasteiger charge is -2.25. The number of benzene rings is 3. The van der Waals surface area contributed by atoms with Gasteiger partial charge in [0.25, 0.3) is 0 Å². The number of carbonyl (C=O) groups excluding carboxylic acids is 2. The molecule has 0 spiro atoms. The average Bonchev–Trinajstić information content (AvgIpc) is 3.28. The van der Waals surface area contributed by atoms with E-state index in [9.17, 15) is 14.0 Å². The van der Waals surface area contributed by atoms with Gasteiger partial charge in [-0.05, 0) is 66.9 Å². The van der Waals surface area contributed by atoms with E-state index in [2.05, 4.69) is 5.32 Å². The molecule has 5 nitrogen and oxygen atoms in total. The Balaban J connectivity index is 1.72. The summed E-state index contributed by atoms with van der Waals surface area (Å²) in [5.74, 6) is -0.726. The Bertz CT molecular complexity index is 1320. The summed E-state index contributed by atoms with van der Waals surface area (Å²) < 4.78 is 13.4. The van der Waals surface area contributed by atoms with Gasteiger partial charge in [-0.3, -0.25) is 14.5 Å². The smallest absolute Gasteiger partial charge is 0.235 e. The lowest BCUT2D eigenvalue weighted by atomic mass is 10.0. The first-order valence-electron chi connectivity index (χ1n) is 11.2. The number of anilines is 2. The van der Waals surface area contributed by atoms with E-state index in [1.807, 2.05) is 67.8 Å². The molecule has 0 saturated carbocycles. The van der Waals surface area contributed by atoms with Crippen LogP contribution < -0.4 is 10.2 Å². The lowest BCUT2D eigenvalue weighted by Crippen LogP contribution is -2.33. The zero-order valence-electron chi connectivity index (χ0n) is 19.8. The predicted molar refractivity (Wildman–Crippen MR) is 138 cm³/mol. The van der Waals surface area contributed by atoms with Gasteiger partial charge in [0.1, 0.15) is 5.82 Å². The lowest BCUT2D eigenvalue weighted by molar-refractivity contribution is -0.121. The van der Waals surface area contributed by atoms with Crippen molar-refractivity contribution in [2.75, 3.05) is 4.90 Å². The maximum atomic E-state index is 13.8. The van der Waals surface area contributed by atoms with E-state index in [1.54, 1.807) is 17.0 Å². The molecule has 1 atom stereocenters. The fraction of sp³-hybridized carbons (Fsp3) is 0.179. The van der Waals surface area contributed by atoms with Crippen molar-refractivity contribution in [3.63, 3.8) is 0 Å². The molecule has 7 heteroatoms. The van der Waals surface area contributed by atoms with Gasteiger partial charge in [0.2, 0.25) is 11.8 Å². The van der Waals surface area contributed by atoms with E-state index in [4.69, 9.17) is 4.98 Å². The Hall–Kier alpha value is -3.84. The molecule has 1 N–H and O–H groups in total. The standard InChI is InChI=1S/C28H26FN3O2S/c1-18-13-19(2)15-24(14-18)32(28-31-26(17-35-28)22-9-11-23(29)12-10-22)27(34)16-25(30-20(3)33)21-7-5-4-6-8-21/h4-15,17,25H,16H2,1-3H3,(H,30,33)/t25-/m1/s1. The number of amides is 2. The zero-order chi connectivity index (χ0) is 24.9. The minimum absolute atomic E-state index is 0.0576. The molecule has 35 heavy (non-hydrogen) atoms. The van der Waals surface area contributed by atoms with Crippen molar-refractivity contribution in [2.45, 2.75) is 33.2 Å². The molecule has 0 saturated heterocycles. The third kappa shape index (κ3) is 6.00. The number of hydrogen-bond acceptors (Lipinski definition) is 4. The van der Waals surface area contributed by atoms with Crippen LogP contribution in [0, 0.1) is 19.7 Å². The quantitative estimate of drug-likeness (QED) is 0.324. The molecule has 0 unspecified atom stereocenters. The van der Waals surface area contributed by atoms with Gasteiger partial charge in [-0.25, -0.2) is 9.37 Å². The number of rotatable bonds is 7. The molecule has 0 aliphatic rings. The van der Waals surface area contributed by atoms with Gasteiger partial charge < -0.3 is 5.32 Å². The van der Waals surface area contributed by atoms with Crippen molar-refractivity contribution >= 4 is 34.0 Å². The van der Waals surface area contributed by atoms with Crippen molar-refractivity contribution in [1.29, 1.82) is 0 Å². The van der Waals surface area contributed by atoms with Gasteiger partial charge in [0.15, 0.2) is 5.13 Å². The van der Waals surface area contributed by atoms with Crippen molar-refractivity contribution in [3.05, 3.63) is 101 Å². The third-order valence-corrected chi connectivity index (χ3v) is 6.32. The van der Waals surface area contributed by atoms with Crippen LogP contribution in [0.25, 0.3) is 11.3 Å². The minimum Gasteiger partial charge on any atom is -0.349 e. The van der Waals surface area contributed by atoms with Crippen LogP contribution in [-0.4, -0.2) is 16.8 Å². The Kier molecular flexibility index (Phi) is 7.36. The number of aryl methyl sites for hydroxylation is 2. The predicted octanol–water partition coefficient (Wildman–Crippen LogP) is 6.50. The average molecular weight is 488 g/mol. The number of nitrogens with one attached hydrogen (secondary N) is 1. The minimum atomic E-state index is -0.480. The summed E-state index contributed by atoms with van der Waals surface area (Å²) >= 11 is 1.34. The van der Waals surface area contributed by atoms with Crippen LogP contribution in [0.15, 0.2) is 78.2 Å². The fourth-order valence-corrected chi connectivity index (χ4v) is 4.88. The summed E-state index contributed by atoms with van der Waals surface area (Å²) in [6.45, 7) is 5.40. The van der Waals surface area contributed by atoms with Gasteiger partial charge in [0.05, 0.1) is 23.8 Å². The van der Waals surface area contributed by atoms with Crippen LogP contribution in [0.2, 0.25) is 0 Å². The maximum Gasteiger partial charge on any atom is 0.235 e. The van der Waals surface area contributed by atoms with E-state index in [0.29, 0.717) is 16.5 Å². The molecule has 3 aromatic carbocycles. The largest absolute Gasteiger partial charge is 0.349 e. The molecule has 4 rings (SSSR count). The van der Waals surface area contributed by atoms with Crippen LogP contribution in [0.5, 0.6) is 0 Å². The highest BCUT2D eigenvalue weighted by Crippen LogP contribution is 2.35. The van der Waals surface area contributed by atoms with E-state index >= 15 is 0 Å². The van der Waals surface area contributed by atoms with E-state index < -0.39 is 6.04 Å². The highest BCUT2D eigenvalue weighted by atomic mass is 32.1. The molecule has 0 aliphatic carbocycles. The first-order chi connectivity index (χ1) is 16.8. The summed E-state index contributed by atoms with van der Waals surface area (Å²) in [5, 5.41) is 5.27. The van der Waals surface area contributed by atoms with Crippen LogP contribution in [0.4, 0.5) is 15.2 Å². The monoisotopic (exact) mass is 487 g/mol. The molecule has 0 radical (unpaired) electrons. The first-order valence-corrected chi connectivity index (χ1v) is 12.1. The molecular formula is C28H26FN3O2S. The van der Waals surface area contributed by atoms with Crippen LogP contribution in [-0.2, 0) is 9.59 Å². The molecule has 1 aromatic heterocycles. The van der Waals surface area contributed by atoms with Crippen molar-refractivity contribution in [2.24, 2.45) is 0 Å². The molecular weight excluding hydrogens is 461 g/mol. The molecule has 4 aromatic rings. The summed E-state index contributed by atoms with van der Waals surface area (Å²) in [6.07, 6.45) is 0.0576. The summed E-state index contributed by atoms with van der Waals surface area (Å²) in [7, 11) is 0. The van der Waals surface area contributed by atoms with Crippen molar-refractivity contribution < 1.29 is 14.0 Å². The number of carbonyl (C=O) groups is 2. The number of aromatic nitrogens is 1. The van der Waals surface area contributed by atoms with Crippen LogP contribution in [0.3, 0.4) is 0 Å². The van der Waals surface area contributed by atoms with Gasteiger partial charge in [-0.1, -0.05) is 36.4 Å². The molecule has 2 amide bonds. The number of thiazole rings is 1. The highest BCUT2D eigenvalue weighted by Gasteiger charge is 2.26. The Morgan fingerprint density at radius 3 is 2.29 bits per heavy atom. The van der Waals surface area contributed by atoms with Gasteiger partial charge in [0, 0.05) is 17.9 Å². The van der Waals surface area contributed by atoms with Crippen molar-refractivity contribution in [1.82, 2.24) is 10.3 Å². The number of halogens is 1. The molecule has 0 aliphatic heterocycles. The second kappa shape index (κ2) is 10.6. The number of hydrogen-bond donors (Lipinski definition) is 1. The molecule has 0 fully saturated rings. The number of nitrogens with zero attached hydrogens (tertiary/aromatic N) is 2. The topological polar surface area (TPSA) is 62.3 Å². The fourth-order valence-electron chi connectivity index (χ4n) is 4.01. The van der Waals surface area contributed by atoms with Gasteiger partial charge >= 0.3 is 0 Å². The second-order valence-corrected chi connectivity index (χ2v) is 9.30. The maximum absolute atomic E-state index is 13.8. The summed E-state index contributed by atoms with van der Waals surface area (Å²) in [6, 6.07) is 21.0. The normalized spacial score (nSPS) is 11.7. The van der Waals surface area contributed by atoms with Crippen LogP contribution in [0.1, 0.15) is 36.1 Å². The Labute approximate surface area is 208 Å². The van der Waals surface area contributed by atoms with E-state index in [0.717, 1.165) is 22.3 Å². The van der Waals surface area contributed by atoms with Gasteiger partial charge in [-0.2, -0.15) is 0 Å². The first kappa shape index (κ1) is 24.3. The SMILES string of the molecule is CC(=O)N[C@H](CC(=O)N(c1cc(C)cc(C)c1)c1nc(-c2ccc(F)cc2)cs1)c1ccccc1. The van der Waals surface area contributed by atoms with Crippen LogP contribution >= 0.6 is 11.3 Å². The Morgan fingerprint density at radius 2 is 1.66 bits per heavy atom. The van der Waals surface area contributed by atoms with E-state index in [-0.39, 0.29) is 24.1 Å². The molecule has 178 valence electrons. The van der Waals surface area contributed by atoms with Crippen molar-refractivity contribution in [3.8, 4) is 11.3 Å². The highest BCUT2D eigenvalue weighted by molar-refractivity contribution is 7.14.